The molecule has 2 rings (SSSR count). The Morgan fingerprint density at radius 3 is 2.55 bits per heavy atom. The molecule has 1 fully saturated rings. The van der Waals surface area contributed by atoms with Crippen LogP contribution < -0.4 is 5.32 Å². The van der Waals surface area contributed by atoms with Crippen molar-refractivity contribution in [3.8, 4) is 0 Å². The first kappa shape index (κ1) is 16.5. The third-order valence-electron chi connectivity index (χ3n) is 4.08. The summed E-state index contributed by atoms with van der Waals surface area (Å²) in [7, 11) is 1.65. The molecule has 1 saturated heterocycles. The molecule has 120 valence electrons. The quantitative estimate of drug-likeness (QED) is 0.876. The Morgan fingerprint density at radius 1 is 1.18 bits per heavy atom. The summed E-state index contributed by atoms with van der Waals surface area (Å²) in [6.45, 7) is 5.44. The average molecular weight is 303 g/mol. The summed E-state index contributed by atoms with van der Waals surface area (Å²) in [5.41, 5.74) is 2.44. The Morgan fingerprint density at radius 2 is 1.91 bits per heavy atom. The number of carbonyl (C=O) groups excluding carboxylic acids is 2. The fourth-order valence-corrected chi connectivity index (χ4v) is 2.71. The van der Waals surface area contributed by atoms with Gasteiger partial charge < -0.3 is 10.2 Å². The van der Waals surface area contributed by atoms with E-state index < -0.39 is 0 Å². The summed E-state index contributed by atoms with van der Waals surface area (Å²) in [6.07, 6.45) is 1.35. The molecule has 0 radical (unpaired) electrons. The Bertz CT molecular complexity index is 522. The van der Waals surface area contributed by atoms with Gasteiger partial charge in [-0.1, -0.05) is 29.8 Å². The van der Waals surface area contributed by atoms with Crippen molar-refractivity contribution in [2.24, 2.45) is 0 Å². The third-order valence-corrected chi connectivity index (χ3v) is 4.08. The van der Waals surface area contributed by atoms with Gasteiger partial charge in [0, 0.05) is 39.6 Å². The summed E-state index contributed by atoms with van der Waals surface area (Å²) < 4.78 is 0. The minimum atomic E-state index is 0.0271. The number of rotatable bonds is 5. The van der Waals surface area contributed by atoms with Gasteiger partial charge >= 0.3 is 0 Å². The number of aryl methyl sites for hydroxylation is 2. The monoisotopic (exact) mass is 303 g/mol. The summed E-state index contributed by atoms with van der Waals surface area (Å²) in [4.78, 5) is 27.6. The number of likely N-dealkylation sites (N-methyl/N-ethyl adjacent to an activating group) is 1. The van der Waals surface area contributed by atoms with E-state index >= 15 is 0 Å². The maximum Gasteiger partial charge on any atom is 0.233 e. The maximum absolute atomic E-state index is 12.3. The van der Waals surface area contributed by atoms with Crippen LogP contribution in [-0.4, -0.2) is 61.4 Å². The molecule has 0 spiro atoms. The topological polar surface area (TPSA) is 52.7 Å². The van der Waals surface area contributed by atoms with Crippen LogP contribution in [0.3, 0.4) is 0 Å². The molecule has 1 heterocycles. The number of hydrogen-bond donors (Lipinski definition) is 1. The van der Waals surface area contributed by atoms with Gasteiger partial charge in [-0.15, -0.1) is 0 Å². The fourth-order valence-electron chi connectivity index (χ4n) is 2.71. The summed E-state index contributed by atoms with van der Waals surface area (Å²) >= 11 is 0. The van der Waals surface area contributed by atoms with Crippen LogP contribution in [0, 0.1) is 6.92 Å². The third kappa shape index (κ3) is 4.84. The molecule has 0 bridgehead atoms. The van der Waals surface area contributed by atoms with Crippen LogP contribution in [0.5, 0.6) is 0 Å². The molecule has 0 atom stereocenters. The van der Waals surface area contributed by atoms with Crippen LogP contribution in [0.2, 0.25) is 0 Å². The van der Waals surface area contributed by atoms with Crippen LogP contribution in [0.25, 0.3) is 0 Å². The number of hydrogen-bond acceptors (Lipinski definition) is 3. The van der Waals surface area contributed by atoms with Crippen LogP contribution in [0.15, 0.2) is 24.3 Å². The van der Waals surface area contributed by atoms with Crippen molar-refractivity contribution in [1.82, 2.24) is 15.1 Å². The zero-order chi connectivity index (χ0) is 15.9. The second-order valence-electron chi connectivity index (χ2n) is 5.82. The van der Waals surface area contributed by atoms with Crippen molar-refractivity contribution in [3.05, 3.63) is 35.4 Å². The van der Waals surface area contributed by atoms with E-state index in [2.05, 4.69) is 35.3 Å². The Labute approximate surface area is 132 Å². The standard InChI is InChI=1S/C17H25N3O2/c1-14-4-3-5-15(12-14)6-7-17(22)20-10-8-19(9-11-20)13-16(21)18-2/h3-5,12H,6-11,13H2,1-2H3,(H,18,21). The number of piperazine rings is 1. The number of carbonyl (C=O) groups is 2. The van der Waals surface area contributed by atoms with Crippen LogP contribution in [0.4, 0.5) is 0 Å². The van der Waals surface area contributed by atoms with Gasteiger partial charge in [-0.3, -0.25) is 14.5 Å². The fraction of sp³-hybridized carbons (Fsp3) is 0.529. The van der Waals surface area contributed by atoms with Crippen molar-refractivity contribution in [2.75, 3.05) is 39.8 Å². The Kier molecular flexibility index (Phi) is 5.95. The van der Waals surface area contributed by atoms with E-state index in [0.717, 1.165) is 19.5 Å². The van der Waals surface area contributed by atoms with Gasteiger partial charge in [0.25, 0.3) is 0 Å². The van der Waals surface area contributed by atoms with Crippen LogP contribution >= 0.6 is 0 Å². The summed E-state index contributed by atoms with van der Waals surface area (Å²) in [6, 6.07) is 8.31. The first-order chi connectivity index (χ1) is 10.6. The van der Waals surface area contributed by atoms with Gasteiger partial charge in [-0.25, -0.2) is 0 Å². The van der Waals surface area contributed by atoms with Gasteiger partial charge in [0.1, 0.15) is 0 Å². The molecule has 1 N–H and O–H groups in total. The van der Waals surface area contributed by atoms with Crippen LogP contribution in [0.1, 0.15) is 17.5 Å². The van der Waals surface area contributed by atoms with Crippen molar-refractivity contribution < 1.29 is 9.59 Å². The SMILES string of the molecule is CNC(=O)CN1CCN(C(=O)CCc2cccc(C)c2)CC1. The van der Waals surface area contributed by atoms with Gasteiger partial charge in [-0.05, 0) is 18.9 Å². The average Bonchev–Trinajstić information content (AvgIpc) is 2.53. The molecule has 0 aliphatic carbocycles. The second kappa shape index (κ2) is 7.94. The normalized spacial score (nSPS) is 15.6. The number of amides is 2. The lowest BCUT2D eigenvalue weighted by molar-refractivity contribution is -0.133. The highest BCUT2D eigenvalue weighted by Gasteiger charge is 2.21. The molecule has 1 aromatic rings. The van der Waals surface area contributed by atoms with Gasteiger partial charge in [0.2, 0.25) is 11.8 Å². The zero-order valence-electron chi connectivity index (χ0n) is 13.5. The highest BCUT2D eigenvalue weighted by atomic mass is 16.2. The lowest BCUT2D eigenvalue weighted by Crippen LogP contribution is -2.50. The predicted octanol–water partition coefficient (Wildman–Crippen LogP) is 0.818. The van der Waals surface area contributed by atoms with Crippen LogP contribution in [-0.2, 0) is 16.0 Å². The number of benzene rings is 1. The first-order valence-corrected chi connectivity index (χ1v) is 7.85. The molecule has 0 aromatic heterocycles. The van der Waals surface area contributed by atoms with Crippen molar-refractivity contribution in [2.45, 2.75) is 19.8 Å². The van der Waals surface area contributed by atoms with Gasteiger partial charge in [0.05, 0.1) is 6.54 Å². The number of nitrogens with one attached hydrogen (secondary N) is 1. The maximum atomic E-state index is 12.3. The number of nitrogens with zero attached hydrogens (tertiary/aromatic N) is 2. The molecule has 0 unspecified atom stereocenters. The minimum Gasteiger partial charge on any atom is -0.358 e. The summed E-state index contributed by atoms with van der Waals surface area (Å²) in [5, 5.41) is 2.63. The molecule has 5 nitrogen and oxygen atoms in total. The molecule has 2 amide bonds. The lowest BCUT2D eigenvalue weighted by Gasteiger charge is -2.34. The van der Waals surface area contributed by atoms with Gasteiger partial charge in [-0.2, -0.15) is 0 Å². The largest absolute Gasteiger partial charge is 0.358 e. The molecule has 1 aliphatic rings. The van der Waals surface area contributed by atoms with E-state index in [1.54, 1.807) is 7.05 Å². The molecular formula is C17H25N3O2. The van der Waals surface area contributed by atoms with Gasteiger partial charge in [0.15, 0.2) is 0 Å². The van der Waals surface area contributed by atoms with Crippen molar-refractivity contribution in [1.29, 1.82) is 0 Å². The Balaban J connectivity index is 1.74. The molecular weight excluding hydrogens is 278 g/mol. The molecule has 1 aromatic carbocycles. The molecule has 1 aliphatic heterocycles. The van der Waals surface area contributed by atoms with E-state index in [4.69, 9.17) is 0 Å². The van der Waals surface area contributed by atoms with Crippen molar-refractivity contribution >= 4 is 11.8 Å². The highest BCUT2D eigenvalue weighted by molar-refractivity contribution is 5.78. The first-order valence-electron chi connectivity index (χ1n) is 7.85. The highest BCUT2D eigenvalue weighted by Crippen LogP contribution is 2.09. The predicted molar refractivity (Wildman–Crippen MR) is 86.6 cm³/mol. The lowest BCUT2D eigenvalue weighted by atomic mass is 10.1. The molecule has 5 heteroatoms. The second-order valence-corrected chi connectivity index (χ2v) is 5.82. The van der Waals surface area contributed by atoms with Crippen molar-refractivity contribution in [3.63, 3.8) is 0 Å². The molecule has 22 heavy (non-hydrogen) atoms. The molecule has 0 saturated carbocycles. The van der Waals surface area contributed by atoms with E-state index in [9.17, 15) is 9.59 Å². The summed E-state index contributed by atoms with van der Waals surface area (Å²) in [5.74, 6) is 0.236. The smallest absolute Gasteiger partial charge is 0.233 e. The van der Waals surface area contributed by atoms with E-state index in [-0.39, 0.29) is 11.8 Å². The van der Waals surface area contributed by atoms with E-state index in [0.29, 0.717) is 26.1 Å². The zero-order valence-corrected chi connectivity index (χ0v) is 13.5. The minimum absolute atomic E-state index is 0.0271. The Hall–Kier alpha value is -1.88. The van der Waals surface area contributed by atoms with E-state index in [1.807, 2.05) is 11.0 Å². The van der Waals surface area contributed by atoms with E-state index in [1.165, 1.54) is 11.1 Å².